The molecule has 3 rings (SSSR count). The minimum Gasteiger partial charge on any atom is -0.384 e. The third kappa shape index (κ3) is 3.03. The van der Waals surface area contributed by atoms with E-state index in [9.17, 15) is 4.79 Å². The van der Waals surface area contributed by atoms with Crippen molar-refractivity contribution >= 4 is 46.3 Å². The summed E-state index contributed by atoms with van der Waals surface area (Å²) in [4.78, 5) is 12.4. The summed E-state index contributed by atoms with van der Waals surface area (Å²) >= 11 is 18.1. The SMILES string of the molecule is O=C(Cc1c(Cl)cc(Cl)cc1Cl)c1ccc2c(c1)CCN2. The maximum Gasteiger partial charge on any atom is 0.167 e. The standard InChI is InChI=1S/C16H12Cl3NO/c17-11-6-13(18)12(14(19)7-11)8-16(21)10-1-2-15-9(5-10)3-4-20-15/h1-2,5-7,20H,3-4,8H2. The number of benzene rings is 2. The number of Topliss-reactive ketones (excluding diaryl/α,β-unsaturated/α-hetero) is 1. The fourth-order valence-corrected chi connectivity index (χ4v) is 3.43. The summed E-state index contributed by atoms with van der Waals surface area (Å²) in [5.74, 6) is -0.00387. The van der Waals surface area contributed by atoms with E-state index in [2.05, 4.69) is 5.32 Å². The van der Waals surface area contributed by atoms with Gasteiger partial charge in [-0.2, -0.15) is 0 Å². The fraction of sp³-hybridized carbons (Fsp3) is 0.188. The maximum absolute atomic E-state index is 12.4. The summed E-state index contributed by atoms with van der Waals surface area (Å²) in [5, 5.41) is 4.58. The second-order valence-electron chi connectivity index (χ2n) is 5.00. The molecule has 0 unspecified atom stereocenters. The molecule has 0 saturated carbocycles. The third-order valence-electron chi connectivity index (χ3n) is 3.58. The molecule has 2 aromatic rings. The predicted molar refractivity (Wildman–Crippen MR) is 88.1 cm³/mol. The first-order valence-electron chi connectivity index (χ1n) is 6.58. The molecule has 1 aliphatic heterocycles. The smallest absolute Gasteiger partial charge is 0.167 e. The lowest BCUT2D eigenvalue weighted by atomic mass is 10.00. The van der Waals surface area contributed by atoms with Crippen LogP contribution in [0.2, 0.25) is 15.1 Å². The maximum atomic E-state index is 12.4. The minimum atomic E-state index is -0.00387. The molecule has 0 saturated heterocycles. The molecule has 0 fully saturated rings. The quantitative estimate of drug-likeness (QED) is 0.793. The lowest BCUT2D eigenvalue weighted by Gasteiger charge is -2.08. The molecular weight excluding hydrogens is 329 g/mol. The van der Waals surface area contributed by atoms with Crippen molar-refractivity contribution in [2.75, 3.05) is 11.9 Å². The van der Waals surface area contributed by atoms with Gasteiger partial charge in [0.15, 0.2) is 5.78 Å². The number of halogens is 3. The van der Waals surface area contributed by atoms with E-state index in [-0.39, 0.29) is 12.2 Å². The topological polar surface area (TPSA) is 29.1 Å². The van der Waals surface area contributed by atoms with Crippen molar-refractivity contribution in [1.82, 2.24) is 0 Å². The Morgan fingerprint density at radius 2 is 1.81 bits per heavy atom. The van der Waals surface area contributed by atoms with Crippen LogP contribution in [-0.4, -0.2) is 12.3 Å². The van der Waals surface area contributed by atoms with Gasteiger partial charge in [0.2, 0.25) is 0 Å². The zero-order valence-corrected chi connectivity index (χ0v) is 13.3. The molecule has 0 aliphatic carbocycles. The number of carbonyl (C=O) groups excluding carboxylic acids is 1. The van der Waals surface area contributed by atoms with E-state index >= 15 is 0 Å². The molecule has 0 spiro atoms. The second-order valence-corrected chi connectivity index (χ2v) is 6.25. The fourth-order valence-electron chi connectivity index (χ4n) is 2.48. The van der Waals surface area contributed by atoms with E-state index in [1.54, 1.807) is 12.1 Å². The number of hydrogen-bond acceptors (Lipinski definition) is 2. The first kappa shape index (κ1) is 14.7. The monoisotopic (exact) mass is 339 g/mol. The molecule has 0 atom stereocenters. The number of anilines is 1. The Hall–Kier alpha value is -1.22. The van der Waals surface area contributed by atoms with Crippen molar-refractivity contribution in [3.05, 3.63) is 62.1 Å². The van der Waals surface area contributed by atoms with E-state index < -0.39 is 0 Å². The number of ketones is 1. The Morgan fingerprint density at radius 3 is 2.52 bits per heavy atom. The molecule has 108 valence electrons. The molecule has 21 heavy (non-hydrogen) atoms. The summed E-state index contributed by atoms with van der Waals surface area (Å²) in [7, 11) is 0. The summed E-state index contributed by atoms with van der Waals surface area (Å²) in [6.07, 6.45) is 1.11. The van der Waals surface area contributed by atoms with Crippen LogP contribution in [0.1, 0.15) is 21.5 Å². The van der Waals surface area contributed by atoms with Crippen molar-refractivity contribution in [2.45, 2.75) is 12.8 Å². The molecule has 0 bridgehead atoms. The number of fused-ring (bicyclic) bond motifs is 1. The molecule has 2 aromatic carbocycles. The largest absolute Gasteiger partial charge is 0.384 e. The van der Waals surface area contributed by atoms with Gasteiger partial charge in [0.05, 0.1) is 0 Å². The molecule has 0 aromatic heterocycles. The number of nitrogens with one attached hydrogen (secondary N) is 1. The molecule has 1 N–H and O–H groups in total. The van der Waals surface area contributed by atoms with Gasteiger partial charge < -0.3 is 5.32 Å². The first-order chi connectivity index (χ1) is 10.0. The van der Waals surface area contributed by atoms with Crippen molar-refractivity contribution < 1.29 is 4.79 Å². The Labute approximate surface area is 138 Å². The van der Waals surface area contributed by atoms with Crippen molar-refractivity contribution in [1.29, 1.82) is 0 Å². The Balaban J connectivity index is 1.87. The van der Waals surface area contributed by atoms with Crippen molar-refractivity contribution in [3.63, 3.8) is 0 Å². The van der Waals surface area contributed by atoms with Gasteiger partial charge in [-0.1, -0.05) is 34.8 Å². The lowest BCUT2D eigenvalue weighted by Crippen LogP contribution is -2.05. The summed E-state index contributed by atoms with van der Waals surface area (Å²) in [6.45, 7) is 0.918. The van der Waals surface area contributed by atoms with Gasteiger partial charge in [-0.05, 0) is 47.9 Å². The van der Waals surface area contributed by atoms with Gasteiger partial charge in [0, 0.05) is 39.3 Å². The van der Waals surface area contributed by atoms with Crippen LogP contribution in [0.5, 0.6) is 0 Å². The summed E-state index contributed by atoms with van der Waals surface area (Å²) < 4.78 is 0. The van der Waals surface area contributed by atoms with Gasteiger partial charge in [-0.15, -0.1) is 0 Å². The highest BCUT2D eigenvalue weighted by molar-refractivity contribution is 6.39. The van der Waals surface area contributed by atoms with E-state index in [1.807, 2.05) is 18.2 Å². The van der Waals surface area contributed by atoms with Crippen LogP contribution in [0.25, 0.3) is 0 Å². The van der Waals surface area contributed by atoms with Crippen molar-refractivity contribution in [3.8, 4) is 0 Å². The molecule has 1 heterocycles. The molecular formula is C16H12Cl3NO. The molecule has 5 heteroatoms. The van der Waals surface area contributed by atoms with Crippen LogP contribution < -0.4 is 5.32 Å². The van der Waals surface area contributed by atoms with E-state index in [4.69, 9.17) is 34.8 Å². The van der Waals surface area contributed by atoms with E-state index in [0.29, 0.717) is 26.2 Å². The summed E-state index contributed by atoms with van der Waals surface area (Å²) in [5.41, 5.74) is 3.58. The minimum absolute atomic E-state index is 0.00387. The van der Waals surface area contributed by atoms with Gasteiger partial charge in [0.1, 0.15) is 0 Å². The molecule has 0 radical (unpaired) electrons. The predicted octanol–water partition coefficient (Wildman–Crippen LogP) is 5.04. The second kappa shape index (κ2) is 5.88. The van der Waals surface area contributed by atoms with Crippen LogP contribution in [0.4, 0.5) is 5.69 Å². The average Bonchev–Trinajstić information content (AvgIpc) is 2.89. The highest BCUT2D eigenvalue weighted by Crippen LogP contribution is 2.30. The first-order valence-corrected chi connectivity index (χ1v) is 7.71. The molecule has 2 nitrogen and oxygen atoms in total. The van der Waals surface area contributed by atoms with Gasteiger partial charge >= 0.3 is 0 Å². The van der Waals surface area contributed by atoms with E-state index in [0.717, 1.165) is 18.7 Å². The summed E-state index contributed by atoms with van der Waals surface area (Å²) in [6, 6.07) is 8.92. The molecule has 0 amide bonds. The Bertz CT molecular complexity index is 704. The van der Waals surface area contributed by atoms with Crippen LogP contribution in [-0.2, 0) is 12.8 Å². The zero-order valence-electron chi connectivity index (χ0n) is 11.1. The van der Waals surface area contributed by atoms with Gasteiger partial charge in [-0.25, -0.2) is 0 Å². The van der Waals surface area contributed by atoms with Crippen molar-refractivity contribution in [2.24, 2.45) is 0 Å². The zero-order chi connectivity index (χ0) is 15.0. The average molecular weight is 341 g/mol. The number of hydrogen-bond donors (Lipinski definition) is 1. The highest BCUT2D eigenvalue weighted by atomic mass is 35.5. The number of carbonyl (C=O) groups is 1. The van der Waals surface area contributed by atoms with Crippen LogP contribution >= 0.6 is 34.8 Å². The van der Waals surface area contributed by atoms with Gasteiger partial charge in [-0.3, -0.25) is 4.79 Å². The highest BCUT2D eigenvalue weighted by Gasteiger charge is 2.16. The van der Waals surface area contributed by atoms with Crippen LogP contribution in [0.15, 0.2) is 30.3 Å². The van der Waals surface area contributed by atoms with E-state index in [1.165, 1.54) is 5.56 Å². The van der Waals surface area contributed by atoms with Crippen LogP contribution in [0.3, 0.4) is 0 Å². The Morgan fingerprint density at radius 1 is 1.10 bits per heavy atom. The number of rotatable bonds is 3. The third-order valence-corrected chi connectivity index (χ3v) is 4.47. The Kier molecular flexibility index (Phi) is 4.12. The van der Waals surface area contributed by atoms with Crippen LogP contribution in [0, 0.1) is 0 Å². The normalized spacial score (nSPS) is 12.9. The van der Waals surface area contributed by atoms with Gasteiger partial charge in [0.25, 0.3) is 0 Å². The molecule has 1 aliphatic rings. The lowest BCUT2D eigenvalue weighted by molar-refractivity contribution is 0.0993.